The predicted molar refractivity (Wildman–Crippen MR) is 120 cm³/mol. The fraction of sp³-hybridized carbons (Fsp3) is 0.760. The summed E-state index contributed by atoms with van der Waals surface area (Å²) in [6, 6.07) is 7.42. The van der Waals surface area contributed by atoms with E-state index in [1.807, 2.05) is 0 Å². The van der Waals surface area contributed by atoms with Gasteiger partial charge in [0.25, 0.3) is 0 Å². The third kappa shape index (κ3) is 5.31. The van der Waals surface area contributed by atoms with Crippen molar-refractivity contribution in [3.8, 4) is 0 Å². The molecule has 0 fully saturated rings. The first-order chi connectivity index (χ1) is 12.1. The van der Waals surface area contributed by atoms with E-state index < -0.39 is 0 Å². The highest BCUT2D eigenvalue weighted by molar-refractivity contribution is 8.00. The van der Waals surface area contributed by atoms with Crippen molar-refractivity contribution in [1.82, 2.24) is 0 Å². The van der Waals surface area contributed by atoms with Crippen molar-refractivity contribution in [3.05, 3.63) is 29.3 Å². The van der Waals surface area contributed by atoms with E-state index in [0.29, 0.717) is 15.6 Å². The lowest BCUT2D eigenvalue weighted by molar-refractivity contribution is 0.289. The Bertz CT molecular complexity index is 584. The second-order valence-electron chi connectivity index (χ2n) is 10.1. The maximum Gasteiger partial charge on any atom is 0.0150 e. The highest BCUT2D eigenvalue weighted by Gasteiger charge is 2.39. The van der Waals surface area contributed by atoms with Gasteiger partial charge in [-0.2, -0.15) is 0 Å². The van der Waals surface area contributed by atoms with E-state index in [1.54, 1.807) is 11.1 Å². The molecule has 2 rings (SSSR count). The molecule has 0 bridgehead atoms. The summed E-state index contributed by atoms with van der Waals surface area (Å²) in [5, 5.41) is 0. The average molecular weight is 375 g/mol. The van der Waals surface area contributed by atoms with Crippen LogP contribution in [-0.2, 0) is 10.8 Å². The van der Waals surface area contributed by atoms with Crippen molar-refractivity contribution in [2.75, 3.05) is 0 Å². The first-order valence-corrected chi connectivity index (χ1v) is 11.8. The molecule has 0 heterocycles. The van der Waals surface area contributed by atoms with Crippen LogP contribution in [0.5, 0.6) is 0 Å². The first kappa shape index (κ1) is 21.9. The van der Waals surface area contributed by atoms with Crippen LogP contribution in [0.25, 0.3) is 0 Å². The van der Waals surface area contributed by atoms with E-state index in [1.165, 1.54) is 62.7 Å². The van der Waals surface area contributed by atoms with Crippen LogP contribution in [0.1, 0.15) is 117 Å². The van der Waals surface area contributed by atoms with Crippen molar-refractivity contribution < 1.29 is 0 Å². The maximum absolute atomic E-state index is 2.57. The van der Waals surface area contributed by atoms with Gasteiger partial charge in [0.05, 0.1) is 0 Å². The zero-order valence-corrected chi connectivity index (χ0v) is 19.3. The highest BCUT2D eigenvalue weighted by atomic mass is 32.2. The van der Waals surface area contributed by atoms with E-state index >= 15 is 0 Å². The van der Waals surface area contributed by atoms with Gasteiger partial charge in [0.1, 0.15) is 0 Å². The summed E-state index contributed by atoms with van der Waals surface area (Å²) >= 11 is 2.08. The Morgan fingerprint density at radius 2 is 1.65 bits per heavy atom. The molecule has 148 valence electrons. The minimum Gasteiger partial charge on any atom is -0.120 e. The van der Waals surface area contributed by atoms with Crippen LogP contribution in [0.3, 0.4) is 0 Å². The number of unbranched alkanes of at least 4 members (excludes halogenated alkanes) is 3. The zero-order chi connectivity index (χ0) is 19.4. The van der Waals surface area contributed by atoms with Crippen LogP contribution < -0.4 is 0 Å². The zero-order valence-electron chi connectivity index (χ0n) is 18.5. The molecule has 0 aromatic heterocycles. The van der Waals surface area contributed by atoms with Crippen LogP contribution in [0.2, 0.25) is 0 Å². The van der Waals surface area contributed by atoms with Gasteiger partial charge >= 0.3 is 0 Å². The van der Waals surface area contributed by atoms with Crippen LogP contribution >= 0.6 is 11.8 Å². The fourth-order valence-electron chi connectivity index (χ4n) is 4.71. The molecule has 1 aromatic rings. The summed E-state index contributed by atoms with van der Waals surface area (Å²) in [6.07, 6.45) is 12.0. The van der Waals surface area contributed by atoms with E-state index in [2.05, 4.69) is 78.4 Å². The molecule has 0 saturated carbocycles. The molecule has 1 aliphatic rings. The molecule has 1 aliphatic carbocycles. The monoisotopic (exact) mass is 374 g/mol. The van der Waals surface area contributed by atoms with Gasteiger partial charge < -0.3 is 0 Å². The van der Waals surface area contributed by atoms with Gasteiger partial charge in [-0.25, -0.2) is 0 Å². The Kier molecular flexibility index (Phi) is 7.33. The third-order valence-corrected chi connectivity index (χ3v) is 7.75. The Morgan fingerprint density at radius 3 is 2.31 bits per heavy atom. The van der Waals surface area contributed by atoms with Gasteiger partial charge in [-0.3, -0.25) is 0 Å². The fourth-order valence-corrected chi connectivity index (χ4v) is 5.96. The highest BCUT2D eigenvalue weighted by Crippen LogP contribution is 2.50. The molecule has 0 aliphatic heterocycles. The second-order valence-corrected chi connectivity index (χ2v) is 11.9. The molecule has 0 saturated heterocycles. The molecule has 26 heavy (non-hydrogen) atoms. The lowest BCUT2D eigenvalue weighted by Crippen LogP contribution is -2.36. The molecule has 0 spiro atoms. The molecule has 1 atom stereocenters. The third-order valence-electron chi connectivity index (χ3n) is 6.50. The summed E-state index contributed by atoms with van der Waals surface area (Å²) in [4.78, 5) is 1.47. The molecule has 0 radical (unpaired) electrons. The number of fused-ring (bicyclic) bond motifs is 1. The lowest BCUT2D eigenvalue weighted by atomic mass is 9.61. The van der Waals surface area contributed by atoms with Crippen LogP contribution in [0.15, 0.2) is 23.1 Å². The number of hydrogen-bond donors (Lipinski definition) is 0. The normalized spacial score (nSPS) is 22.3. The van der Waals surface area contributed by atoms with Crippen molar-refractivity contribution >= 4 is 11.8 Å². The average Bonchev–Trinajstić information content (AvgIpc) is 2.55. The van der Waals surface area contributed by atoms with Gasteiger partial charge in [0, 0.05) is 9.64 Å². The molecule has 1 unspecified atom stereocenters. The molecule has 0 amide bonds. The Balaban J connectivity index is 2.30. The first-order valence-electron chi connectivity index (χ1n) is 11.0. The number of rotatable bonds is 9. The van der Waals surface area contributed by atoms with E-state index in [0.717, 1.165) is 0 Å². The Labute approximate surface area is 167 Å². The molecule has 1 heteroatoms. The number of hydrogen-bond acceptors (Lipinski definition) is 1. The molecular weight excluding hydrogens is 332 g/mol. The summed E-state index contributed by atoms with van der Waals surface area (Å²) in [5.74, 6) is 0. The standard InChI is InChI=1S/C25H42S/c1-8-10-11-12-16-25(7)18-17-23(3,4)21-14-13-20(19-22(21)25)26-24(5,6)15-9-2/h13-14,19H,8-12,15-18H2,1-7H3. The quantitative estimate of drug-likeness (QED) is 0.308. The van der Waals surface area contributed by atoms with E-state index in [-0.39, 0.29) is 0 Å². The summed E-state index contributed by atoms with van der Waals surface area (Å²) in [7, 11) is 0. The number of thioether (sulfide) groups is 1. The van der Waals surface area contributed by atoms with Crippen LogP contribution in [0, 0.1) is 0 Å². The van der Waals surface area contributed by atoms with Crippen molar-refractivity contribution in [2.45, 2.75) is 127 Å². The Morgan fingerprint density at radius 1 is 0.923 bits per heavy atom. The lowest BCUT2D eigenvalue weighted by Gasteiger charge is -2.44. The largest absolute Gasteiger partial charge is 0.120 e. The van der Waals surface area contributed by atoms with E-state index in [9.17, 15) is 0 Å². The predicted octanol–water partition coefficient (Wildman–Crippen LogP) is 8.66. The molecule has 1 aromatic carbocycles. The topological polar surface area (TPSA) is 0 Å². The Hall–Kier alpha value is -0.430. The minimum atomic E-state index is 0.320. The van der Waals surface area contributed by atoms with E-state index in [4.69, 9.17) is 0 Å². The second kappa shape index (κ2) is 8.72. The summed E-state index contributed by atoms with van der Waals surface area (Å²) < 4.78 is 0.324. The van der Waals surface area contributed by atoms with Gasteiger partial charge in [-0.15, -0.1) is 11.8 Å². The molecule has 0 nitrogen and oxygen atoms in total. The SMILES string of the molecule is CCCCCCC1(C)CCC(C)(C)c2ccc(SC(C)(C)CCC)cc21. The summed E-state index contributed by atoms with van der Waals surface area (Å²) in [5.41, 5.74) is 3.95. The molecular formula is C25H42S. The smallest absolute Gasteiger partial charge is 0.0150 e. The van der Waals surface area contributed by atoms with Gasteiger partial charge in [0.2, 0.25) is 0 Å². The minimum absolute atomic E-state index is 0.320. The van der Waals surface area contributed by atoms with Gasteiger partial charge in [-0.05, 0) is 59.8 Å². The van der Waals surface area contributed by atoms with Crippen LogP contribution in [0.4, 0.5) is 0 Å². The van der Waals surface area contributed by atoms with Crippen molar-refractivity contribution in [2.24, 2.45) is 0 Å². The van der Waals surface area contributed by atoms with Gasteiger partial charge in [0.15, 0.2) is 0 Å². The summed E-state index contributed by atoms with van der Waals surface area (Å²) in [6.45, 7) is 16.8. The van der Waals surface area contributed by atoms with Gasteiger partial charge in [-0.1, -0.05) is 86.6 Å². The van der Waals surface area contributed by atoms with Crippen molar-refractivity contribution in [3.63, 3.8) is 0 Å². The molecule has 0 N–H and O–H groups in total. The van der Waals surface area contributed by atoms with Crippen molar-refractivity contribution in [1.29, 1.82) is 0 Å². The van der Waals surface area contributed by atoms with Crippen LogP contribution in [-0.4, -0.2) is 4.75 Å². The number of benzene rings is 1. The maximum atomic E-state index is 2.57.